The summed E-state index contributed by atoms with van der Waals surface area (Å²) >= 11 is 0. The summed E-state index contributed by atoms with van der Waals surface area (Å²) in [6, 6.07) is 13.1. The van der Waals surface area contributed by atoms with Gasteiger partial charge in [0.05, 0.1) is 0 Å². The first-order chi connectivity index (χ1) is 8.72. The molecule has 0 amide bonds. The Morgan fingerprint density at radius 2 is 2.00 bits per heavy atom. The Kier molecular flexibility index (Phi) is 4.11. The molecule has 2 aromatic rings. The molecule has 1 N–H and O–H groups in total. The quantitative estimate of drug-likeness (QED) is 0.881. The van der Waals surface area contributed by atoms with Crippen LogP contribution < -0.4 is 5.32 Å². The van der Waals surface area contributed by atoms with Crippen LogP contribution in [0.15, 0.2) is 42.6 Å². The van der Waals surface area contributed by atoms with Crippen LogP contribution in [0.2, 0.25) is 0 Å². The summed E-state index contributed by atoms with van der Waals surface area (Å²) in [7, 11) is 0. The number of aryl methyl sites for hydroxylation is 1. The van der Waals surface area contributed by atoms with E-state index in [1.165, 1.54) is 16.7 Å². The number of nitrogens with one attached hydrogen (secondary N) is 1. The van der Waals surface area contributed by atoms with Crippen molar-refractivity contribution in [2.45, 2.75) is 26.8 Å². The second-order valence-corrected chi connectivity index (χ2v) is 4.55. The molecule has 94 valence electrons. The lowest BCUT2D eigenvalue weighted by Gasteiger charge is -2.17. The van der Waals surface area contributed by atoms with Gasteiger partial charge in [0.25, 0.3) is 0 Å². The number of hydrogen-bond acceptors (Lipinski definition) is 2. The molecule has 1 unspecified atom stereocenters. The zero-order chi connectivity index (χ0) is 13.0. The van der Waals surface area contributed by atoms with E-state index in [0.717, 1.165) is 12.2 Å². The van der Waals surface area contributed by atoms with Gasteiger partial charge in [0.2, 0.25) is 0 Å². The van der Waals surface area contributed by atoms with Gasteiger partial charge < -0.3 is 5.32 Å². The summed E-state index contributed by atoms with van der Waals surface area (Å²) in [5.41, 5.74) is 4.92. The molecule has 1 aromatic carbocycles. The van der Waals surface area contributed by atoms with Gasteiger partial charge >= 0.3 is 0 Å². The van der Waals surface area contributed by atoms with E-state index in [-0.39, 0.29) is 0 Å². The van der Waals surface area contributed by atoms with Crippen molar-refractivity contribution < 1.29 is 0 Å². The fourth-order valence-electron chi connectivity index (χ4n) is 2.27. The first kappa shape index (κ1) is 12.8. The van der Waals surface area contributed by atoms with Crippen LogP contribution in [-0.4, -0.2) is 11.5 Å². The Bertz CT molecular complexity index is 520. The predicted molar refractivity (Wildman–Crippen MR) is 76.5 cm³/mol. The van der Waals surface area contributed by atoms with Crippen LogP contribution >= 0.6 is 0 Å². The fraction of sp³-hybridized carbons (Fsp3) is 0.312. The first-order valence-corrected chi connectivity index (χ1v) is 6.47. The molecule has 2 heteroatoms. The molecular formula is C16H20N2. The Hall–Kier alpha value is -1.67. The number of benzene rings is 1. The average molecular weight is 240 g/mol. The highest BCUT2D eigenvalue weighted by atomic mass is 14.9. The fourth-order valence-corrected chi connectivity index (χ4v) is 2.27. The van der Waals surface area contributed by atoms with Crippen molar-refractivity contribution in [1.29, 1.82) is 0 Å². The normalized spacial score (nSPS) is 12.4. The molecule has 2 nitrogen and oxygen atoms in total. The third-order valence-electron chi connectivity index (χ3n) is 3.15. The SMILES string of the molecule is CCNC(C)c1ccccc1-c1ccnc(C)c1. The van der Waals surface area contributed by atoms with Crippen molar-refractivity contribution in [3.63, 3.8) is 0 Å². The van der Waals surface area contributed by atoms with Crippen LogP contribution in [-0.2, 0) is 0 Å². The lowest BCUT2D eigenvalue weighted by molar-refractivity contribution is 0.599. The Labute approximate surface area is 109 Å². The number of pyridine rings is 1. The predicted octanol–water partition coefficient (Wildman–Crippen LogP) is 3.73. The third-order valence-corrected chi connectivity index (χ3v) is 3.15. The zero-order valence-corrected chi connectivity index (χ0v) is 11.3. The standard InChI is InChI=1S/C16H20N2/c1-4-17-13(3)15-7-5-6-8-16(15)14-9-10-18-12(2)11-14/h5-11,13,17H,4H2,1-3H3. The van der Waals surface area contributed by atoms with Gasteiger partial charge in [-0.05, 0) is 49.2 Å². The Morgan fingerprint density at radius 1 is 1.22 bits per heavy atom. The van der Waals surface area contributed by atoms with E-state index in [9.17, 15) is 0 Å². The minimum atomic E-state index is 0.361. The minimum Gasteiger partial charge on any atom is -0.310 e. The van der Waals surface area contributed by atoms with Gasteiger partial charge in [0.1, 0.15) is 0 Å². The molecule has 1 heterocycles. The molecule has 0 bridgehead atoms. The van der Waals surface area contributed by atoms with Gasteiger partial charge in [0, 0.05) is 17.9 Å². The molecule has 0 aliphatic rings. The van der Waals surface area contributed by atoms with Gasteiger partial charge in [-0.2, -0.15) is 0 Å². The summed E-state index contributed by atoms with van der Waals surface area (Å²) < 4.78 is 0. The monoisotopic (exact) mass is 240 g/mol. The number of hydrogen-bond donors (Lipinski definition) is 1. The van der Waals surface area contributed by atoms with Gasteiger partial charge in [-0.25, -0.2) is 0 Å². The molecule has 1 aromatic heterocycles. The van der Waals surface area contributed by atoms with Gasteiger partial charge in [-0.15, -0.1) is 0 Å². The maximum Gasteiger partial charge on any atom is 0.0378 e. The molecule has 0 radical (unpaired) electrons. The topological polar surface area (TPSA) is 24.9 Å². The molecule has 0 fully saturated rings. The molecule has 0 aliphatic heterocycles. The molecule has 18 heavy (non-hydrogen) atoms. The third kappa shape index (κ3) is 2.77. The smallest absolute Gasteiger partial charge is 0.0378 e. The summed E-state index contributed by atoms with van der Waals surface area (Å²) in [6.45, 7) is 7.34. The zero-order valence-electron chi connectivity index (χ0n) is 11.3. The summed E-state index contributed by atoms with van der Waals surface area (Å²) in [4.78, 5) is 4.26. The maximum atomic E-state index is 4.26. The number of rotatable bonds is 4. The highest BCUT2D eigenvalue weighted by Crippen LogP contribution is 2.28. The average Bonchev–Trinajstić information content (AvgIpc) is 2.39. The van der Waals surface area contributed by atoms with Crippen LogP contribution in [0.5, 0.6) is 0 Å². The van der Waals surface area contributed by atoms with E-state index >= 15 is 0 Å². The molecule has 0 saturated heterocycles. The maximum absolute atomic E-state index is 4.26. The number of aromatic nitrogens is 1. The van der Waals surface area contributed by atoms with Gasteiger partial charge in [-0.3, -0.25) is 4.98 Å². The lowest BCUT2D eigenvalue weighted by Crippen LogP contribution is -2.18. The van der Waals surface area contributed by atoms with Crippen LogP contribution in [0.25, 0.3) is 11.1 Å². The molecule has 2 rings (SSSR count). The highest BCUT2D eigenvalue weighted by molar-refractivity contribution is 5.68. The van der Waals surface area contributed by atoms with Crippen molar-refractivity contribution in [3.05, 3.63) is 53.9 Å². The van der Waals surface area contributed by atoms with Crippen LogP contribution in [0.4, 0.5) is 0 Å². The summed E-state index contributed by atoms with van der Waals surface area (Å²) in [6.07, 6.45) is 1.87. The Morgan fingerprint density at radius 3 is 2.72 bits per heavy atom. The van der Waals surface area contributed by atoms with Gasteiger partial charge in [0.15, 0.2) is 0 Å². The Balaban J connectivity index is 2.44. The minimum absolute atomic E-state index is 0.361. The van der Waals surface area contributed by atoms with Gasteiger partial charge in [-0.1, -0.05) is 31.2 Å². The van der Waals surface area contributed by atoms with E-state index in [0.29, 0.717) is 6.04 Å². The molecule has 1 atom stereocenters. The van der Waals surface area contributed by atoms with E-state index in [4.69, 9.17) is 0 Å². The summed E-state index contributed by atoms with van der Waals surface area (Å²) in [5.74, 6) is 0. The van der Waals surface area contributed by atoms with E-state index in [1.807, 2.05) is 13.1 Å². The van der Waals surface area contributed by atoms with E-state index in [2.05, 4.69) is 60.5 Å². The van der Waals surface area contributed by atoms with Crippen LogP contribution in [0.3, 0.4) is 0 Å². The second-order valence-electron chi connectivity index (χ2n) is 4.55. The van der Waals surface area contributed by atoms with Crippen molar-refractivity contribution in [2.75, 3.05) is 6.54 Å². The molecular weight excluding hydrogens is 220 g/mol. The molecule has 0 aliphatic carbocycles. The van der Waals surface area contributed by atoms with Crippen LogP contribution in [0.1, 0.15) is 31.1 Å². The summed E-state index contributed by atoms with van der Waals surface area (Å²) in [5, 5.41) is 3.47. The van der Waals surface area contributed by atoms with Crippen molar-refractivity contribution in [1.82, 2.24) is 10.3 Å². The highest BCUT2D eigenvalue weighted by Gasteiger charge is 2.10. The van der Waals surface area contributed by atoms with Crippen LogP contribution in [0, 0.1) is 6.92 Å². The van der Waals surface area contributed by atoms with Crippen molar-refractivity contribution in [2.24, 2.45) is 0 Å². The van der Waals surface area contributed by atoms with E-state index in [1.54, 1.807) is 0 Å². The number of nitrogens with zero attached hydrogens (tertiary/aromatic N) is 1. The lowest BCUT2D eigenvalue weighted by atomic mass is 9.96. The molecule has 0 saturated carbocycles. The van der Waals surface area contributed by atoms with Crippen molar-refractivity contribution in [3.8, 4) is 11.1 Å². The van der Waals surface area contributed by atoms with Crippen molar-refractivity contribution >= 4 is 0 Å². The first-order valence-electron chi connectivity index (χ1n) is 6.47. The second kappa shape index (κ2) is 5.78. The molecule has 0 spiro atoms. The van der Waals surface area contributed by atoms with E-state index < -0.39 is 0 Å². The largest absolute Gasteiger partial charge is 0.310 e.